The molecule has 0 fully saturated rings. The highest BCUT2D eigenvalue weighted by Crippen LogP contribution is 2.18. The molecule has 4 aromatic rings. The summed E-state index contributed by atoms with van der Waals surface area (Å²) in [6, 6.07) is 20.2. The zero-order valence-electron chi connectivity index (χ0n) is 18.0. The first kappa shape index (κ1) is 21.8. The molecule has 0 bridgehead atoms. The van der Waals surface area contributed by atoms with Crippen molar-refractivity contribution in [3.05, 3.63) is 90.1 Å². The number of aromatic amines is 1. The molecule has 3 amide bonds. The van der Waals surface area contributed by atoms with Crippen LogP contribution in [0.1, 0.15) is 34.1 Å². The van der Waals surface area contributed by atoms with Gasteiger partial charge in [-0.15, -0.1) is 0 Å². The monoisotopic (exact) mass is 441 g/mol. The molecule has 0 aliphatic carbocycles. The lowest BCUT2D eigenvalue weighted by Crippen LogP contribution is -2.43. The summed E-state index contributed by atoms with van der Waals surface area (Å²) in [5.74, 6) is -1.12. The predicted molar refractivity (Wildman–Crippen MR) is 127 cm³/mol. The van der Waals surface area contributed by atoms with Crippen LogP contribution in [0.5, 0.6) is 0 Å². The van der Waals surface area contributed by atoms with Crippen LogP contribution < -0.4 is 16.0 Å². The maximum absolute atomic E-state index is 12.9. The Morgan fingerprint density at radius 2 is 1.67 bits per heavy atom. The van der Waals surface area contributed by atoms with E-state index in [-0.39, 0.29) is 11.8 Å². The first-order valence-electron chi connectivity index (χ1n) is 10.6. The Morgan fingerprint density at radius 3 is 2.45 bits per heavy atom. The van der Waals surface area contributed by atoms with Crippen LogP contribution in [0.3, 0.4) is 0 Å². The van der Waals surface area contributed by atoms with Crippen molar-refractivity contribution in [1.29, 1.82) is 0 Å². The van der Waals surface area contributed by atoms with Gasteiger partial charge in [0.15, 0.2) is 0 Å². The van der Waals surface area contributed by atoms with Crippen LogP contribution in [0.4, 0.5) is 11.4 Å². The van der Waals surface area contributed by atoms with Crippen LogP contribution in [0.2, 0.25) is 0 Å². The normalized spacial score (nSPS) is 11.5. The topological polar surface area (TPSA) is 116 Å². The van der Waals surface area contributed by atoms with E-state index in [4.69, 9.17) is 0 Å². The number of carbonyl (C=O) groups is 3. The molecule has 0 radical (unpaired) electrons. The van der Waals surface area contributed by atoms with Gasteiger partial charge in [-0.3, -0.25) is 19.5 Å². The molecule has 1 unspecified atom stereocenters. The summed E-state index contributed by atoms with van der Waals surface area (Å²) in [5.41, 5.74) is 2.58. The number of amides is 3. The molecule has 33 heavy (non-hydrogen) atoms. The van der Waals surface area contributed by atoms with Crippen molar-refractivity contribution in [2.24, 2.45) is 0 Å². The number of carbonyl (C=O) groups excluding carboxylic acids is 3. The molecule has 0 aliphatic rings. The second kappa shape index (κ2) is 9.78. The van der Waals surface area contributed by atoms with Gasteiger partial charge in [0.25, 0.3) is 11.8 Å². The van der Waals surface area contributed by atoms with E-state index in [9.17, 15) is 14.4 Å². The average molecular weight is 441 g/mol. The number of nitrogens with one attached hydrogen (secondary N) is 4. The van der Waals surface area contributed by atoms with Gasteiger partial charge in [-0.1, -0.05) is 37.3 Å². The van der Waals surface area contributed by atoms with Crippen molar-refractivity contribution < 1.29 is 14.4 Å². The number of hydrogen-bond acceptors (Lipinski definition) is 4. The number of H-pyrrole nitrogens is 1. The summed E-state index contributed by atoms with van der Waals surface area (Å²) >= 11 is 0. The van der Waals surface area contributed by atoms with Crippen molar-refractivity contribution in [2.45, 2.75) is 19.4 Å². The molecule has 1 atom stereocenters. The number of rotatable bonds is 7. The summed E-state index contributed by atoms with van der Waals surface area (Å²) in [6.07, 6.45) is 2.01. The number of hydrogen-bond donors (Lipinski definition) is 4. The number of aromatic nitrogens is 2. The summed E-state index contributed by atoms with van der Waals surface area (Å²) in [5, 5.41) is 15.9. The van der Waals surface area contributed by atoms with Crippen molar-refractivity contribution in [2.75, 3.05) is 10.6 Å². The van der Waals surface area contributed by atoms with Gasteiger partial charge < -0.3 is 16.0 Å². The van der Waals surface area contributed by atoms with Crippen LogP contribution in [0.25, 0.3) is 10.9 Å². The van der Waals surface area contributed by atoms with E-state index in [2.05, 4.69) is 26.1 Å². The maximum atomic E-state index is 12.9. The molecule has 3 aromatic carbocycles. The van der Waals surface area contributed by atoms with Crippen molar-refractivity contribution in [3.63, 3.8) is 0 Å². The van der Waals surface area contributed by atoms with Gasteiger partial charge in [-0.2, -0.15) is 5.10 Å². The molecule has 0 saturated carbocycles. The van der Waals surface area contributed by atoms with Crippen LogP contribution in [-0.4, -0.2) is 34.0 Å². The number of anilines is 2. The minimum atomic E-state index is -0.775. The van der Waals surface area contributed by atoms with Gasteiger partial charge in [0, 0.05) is 16.6 Å². The maximum Gasteiger partial charge on any atom is 0.257 e. The van der Waals surface area contributed by atoms with Crippen LogP contribution in [0, 0.1) is 0 Å². The van der Waals surface area contributed by atoms with Crippen LogP contribution in [-0.2, 0) is 4.79 Å². The zero-order chi connectivity index (χ0) is 23.2. The van der Waals surface area contributed by atoms with E-state index in [1.807, 2.05) is 18.2 Å². The van der Waals surface area contributed by atoms with Gasteiger partial charge in [-0.05, 0) is 48.9 Å². The Hall–Kier alpha value is -4.46. The summed E-state index contributed by atoms with van der Waals surface area (Å²) in [4.78, 5) is 38.4. The smallest absolute Gasteiger partial charge is 0.257 e. The molecular weight excluding hydrogens is 418 g/mol. The molecule has 166 valence electrons. The lowest BCUT2D eigenvalue weighted by molar-refractivity contribution is -0.118. The van der Waals surface area contributed by atoms with E-state index < -0.39 is 11.9 Å². The number of benzene rings is 3. The third kappa shape index (κ3) is 5.07. The summed E-state index contributed by atoms with van der Waals surface area (Å²) in [7, 11) is 0. The molecule has 4 rings (SSSR count). The van der Waals surface area contributed by atoms with Crippen molar-refractivity contribution >= 4 is 40.0 Å². The second-order valence-corrected chi connectivity index (χ2v) is 7.46. The quantitative estimate of drug-likeness (QED) is 0.347. The fourth-order valence-corrected chi connectivity index (χ4v) is 3.41. The third-order valence-electron chi connectivity index (χ3n) is 5.19. The largest absolute Gasteiger partial charge is 0.340 e. The minimum absolute atomic E-state index is 0.321. The van der Waals surface area contributed by atoms with Crippen LogP contribution >= 0.6 is 0 Å². The SMILES string of the molecule is CCC(NC(=O)c1ccc2[nH]ncc2c1)C(=O)Nc1ccccc1C(=O)Nc1ccccc1. The second-order valence-electron chi connectivity index (χ2n) is 7.46. The van der Waals surface area contributed by atoms with Gasteiger partial charge in [0.2, 0.25) is 5.91 Å². The minimum Gasteiger partial charge on any atom is -0.340 e. The molecule has 8 heteroatoms. The zero-order valence-corrected chi connectivity index (χ0v) is 18.0. The van der Waals surface area contributed by atoms with E-state index in [0.29, 0.717) is 28.9 Å². The Balaban J connectivity index is 1.46. The van der Waals surface area contributed by atoms with E-state index in [1.165, 1.54) is 0 Å². The Bertz CT molecular complexity index is 1300. The van der Waals surface area contributed by atoms with Gasteiger partial charge in [0.1, 0.15) is 6.04 Å². The Kier molecular flexibility index (Phi) is 6.45. The number of fused-ring (bicyclic) bond motifs is 1. The Morgan fingerprint density at radius 1 is 0.909 bits per heavy atom. The first-order chi connectivity index (χ1) is 16.0. The first-order valence-corrected chi connectivity index (χ1v) is 10.6. The van der Waals surface area contributed by atoms with Gasteiger partial charge in [-0.25, -0.2) is 0 Å². The summed E-state index contributed by atoms with van der Waals surface area (Å²) < 4.78 is 0. The molecule has 4 N–H and O–H groups in total. The number of para-hydroxylation sites is 2. The van der Waals surface area contributed by atoms with Crippen molar-refractivity contribution in [3.8, 4) is 0 Å². The van der Waals surface area contributed by atoms with Gasteiger partial charge >= 0.3 is 0 Å². The molecule has 0 aliphatic heterocycles. The average Bonchev–Trinajstić information content (AvgIpc) is 3.31. The predicted octanol–water partition coefficient (Wildman–Crippen LogP) is 3.96. The third-order valence-corrected chi connectivity index (χ3v) is 5.19. The lowest BCUT2D eigenvalue weighted by atomic mass is 10.1. The van der Waals surface area contributed by atoms with Crippen molar-refractivity contribution in [1.82, 2.24) is 15.5 Å². The standard InChI is InChI=1S/C25H23N5O3/c1-2-20(28-23(31)16-12-13-21-17(14-16)15-26-30-21)25(33)29-22-11-7-6-10-19(22)24(32)27-18-8-4-3-5-9-18/h3-15,20H,2H2,1H3,(H,26,30)(H,27,32)(H,28,31)(H,29,33). The fourth-order valence-electron chi connectivity index (χ4n) is 3.41. The Labute approximate surface area is 190 Å². The highest BCUT2D eigenvalue weighted by molar-refractivity contribution is 6.11. The molecule has 1 heterocycles. The number of nitrogens with zero attached hydrogens (tertiary/aromatic N) is 1. The van der Waals surface area contributed by atoms with E-state index in [0.717, 1.165) is 10.9 Å². The molecule has 0 saturated heterocycles. The lowest BCUT2D eigenvalue weighted by Gasteiger charge is -2.18. The highest BCUT2D eigenvalue weighted by atomic mass is 16.2. The molecule has 1 aromatic heterocycles. The summed E-state index contributed by atoms with van der Waals surface area (Å²) in [6.45, 7) is 1.80. The molecule has 0 spiro atoms. The fraction of sp³-hybridized carbons (Fsp3) is 0.120. The molecular formula is C25H23N5O3. The van der Waals surface area contributed by atoms with Crippen LogP contribution in [0.15, 0.2) is 79.0 Å². The molecule has 8 nitrogen and oxygen atoms in total. The highest BCUT2D eigenvalue weighted by Gasteiger charge is 2.22. The van der Waals surface area contributed by atoms with Gasteiger partial charge in [0.05, 0.1) is 23.0 Å². The van der Waals surface area contributed by atoms with E-state index >= 15 is 0 Å². The van der Waals surface area contributed by atoms with E-state index in [1.54, 1.807) is 67.7 Å².